The number of anilines is 1. The number of rotatable bonds is 9. The minimum absolute atomic E-state index is 0.172. The summed E-state index contributed by atoms with van der Waals surface area (Å²) in [5.41, 5.74) is 4.27. The van der Waals surface area contributed by atoms with Crippen LogP contribution in [-0.4, -0.2) is 101 Å². The quantitative estimate of drug-likeness (QED) is 0.282. The molecule has 2 amide bonds. The van der Waals surface area contributed by atoms with Gasteiger partial charge in [-0.3, -0.25) is 19.2 Å². The van der Waals surface area contributed by atoms with Crippen molar-refractivity contribution in [3.8, 4) is 5.69 Å². The van der Waals surface area contributed by atoms with Gasteiger partial charge in [-0.05, 0) is 62.8 Å². The largest absolute Gasteiger partial charge is 0.379 e. The molecule has 1 N–H and O–H groups in total. The molecule has 1 aromatic carbocycles. The first kappa shape index (κ1) is 29.6. The van der Waals surface area contributed by atoms with Gasteiger partial charge < -0.3 is 14.5 Å². The number of hydrogen-bond donors (Lipinski definition) is 1. The Balaban J connectivity index is 1.19. The summed E-state index contributed by atoms with van der Waals surface area (Å²) in [5.74, 6) is 1.67. The number of aromatic nitrogens is 3. The van der Waals surface area contributed by atoms with Crippen molar-refractivity contribution in [2.24, 2.45) is 5.92 Å². The van der Waals surface area contributed by atoms with Crippen molar-refractivity contribution < 1.29 is 14.3 Å². The van der Waals surface area contributed by atoms with Crippen molar-refractivity contribution in [1.82, 2.24) is 29.3 Å². The molecule has 3 aliphatic heterocycles. The zero-order valence-corrected chi connectivity index (χ0v) is 26.4. The first-order valence-corrected chi connectivity index (χ1v) is 17.3. The van der Waals surface area contributed by atoms with Crippen molar-refractivity contribution in [1.29, 1.82) is 0 Å². The number of benzene rings is 1. The molecule has 11 heteroatoms. The lowest BCUT2D eigenvalue weighted by atomic mass is 9.81. The highest BCUT2D eigenvalue weighted by Crippen LogP contribution is 2.44. The van der Waals surface area contributed by atoms with Gasteiger partial charge in [0, 0.05) is 57.4 Å². The molecule has 2 unspecified atom stereocenters. The van der Waals surface area contributed by atoms with E-state index in [1.54, 1.807) is 6.92 Å². The number of piperidine rings is 1. The van der Waals surface area contributed by atoms with Gasteiger partial charge in [-0.2, -0.15) is 5.10 Å². The van der Waals surface area contributed by atoms with Gasteiger partial charge in [-0.1, -0.05) is 36.6 Å². The van der Waals surface area contributed by atoms with Crippen molar-refractivity contribution >= 4 is 40.5 Å². The molecule has 1 aliphatic carbocycles. The maximum Gasteiger partial charge on any atom is 0.279 e. The number of pyridine rings is 1. The lowest BCUT2D eigenvalue weighted by molar-refractivity contribution is -0.130. The number of fused-ring (bicyclic) bond motifs is 2. The number of likely N-dealkylation sites (tertiary alicyclic amines) is 1. The molecule has 5 heterocycles. The average molecular weight is 618 g/mol. The monoisotopic (exact) mass is 617 g/mol. The summed E-state index contributed by atoms with van der Waals surface area (Å²) >= 11 is 1.46. The van der Waals surface area contributed by atoms with Crippen LogP contribution in [0.15, 0.2) is 36.4 Å². The zero-order chi connectivity index (χ0) is 30.0. The van der Waals surface area contributed by atoms with Crippen LogP contribution in [0.1, 0.15) is 67.5 Å². The molecule has 3 saturated heterocycles. The van der Waals surface area contributed by atoms with Gasteiger partial charge in [0.05, 0.1) is 35.7 Å². The summed E-state index contributed by atoms with van der Waals surface area (Å²) in [5, 5.41) is 6.27. The van der Waals surface area contributed by atoms with Crippen molar-refractivity contribution in [2.75, 3.05) is 63.1 Å². The van der Waals surface area contributed by atoms with Crippen LogP contribution in [0.3, 0.4) is 0 Å². The predicted molar refractivity (Wildman–Crippen MR) is 173 cm³/mol. The van der Waals surface area contributed by atoms with Crippen LogP contribution in [0.25, 0.3) is 16.7 Å². The lowest BCUT2D eigenvalue weighted by Crippen LogP contribution is -2.47. The minimum atomic E-state index is -0.172. The molecular weight excluding hydrogens is 574 g/mol. The second kappa shape index (κ2) is 13.1. The van der Waals surface area contributed by atoms with Crippen molar-refractivity contribution in [2.45, 2.75) is 57.4 Å². The van der Waals surface area contributed by atoms with Crippen LogP contribution in [0.2, 0.25) is 0 Å². The van der Waals surface area contributed by atoms with Gasteiger partial charge >= 0.3 is 0 Å². The fourth-order valence-electron chi connectivity index (χ4n) is 7.35. The van der Waals surface area contributed by atoms with E-state index in [1.165, 1.54) is 18.4 Å². The summed E-state index contributed by atoms with van der Waals surface area (Å²) in [6, 6.07) is 12.4. The molecule has 10 nitrogen and oxygen atoms in total. The third-order valence-corrected chi connectivity index (χ3v) is 10.8. The molecular formula is C33H43N7O3S. The van der Waals surface area contributed by atoms with E-state index in [0.29, 0.717) is 23.6 Å². The molecule has 2 atom stereocenters. The highest BCUT2D eigenvalue weighted by molar-refractivity contribution is 7.97. The van der Waals surface area contributed by atoms with Crippen LogP contribution in [0, 0.1) is 5.92 Å². The van der Waals surface area contributed by atoms with Gasteiger partial charge in [0.25, 0.3) is 5.91 Å². The number of para-hydroxylation sites is 1. The number of ether oxygens (including phenoxy) is 1. The maximum atomic E-state index is 13.6. The fraction of sp³-hybridized carbons (Fsp3) is 0.576. The second-order valence-corrected chi connectivity index (χ2v) is 13.5. The fourth-order valence-corrected chi connectivity index (χ4v) is 7.96. The molecule has 2 aromatic heterocycles. The predicted octanol–water partition coefficient (Wildman–Crippen LogP) is 4.24. The van der Waals surface area contributed by atoms with E-state index in [4.69, 9.17) is 14.8 Å². The van der Waals surface area contributed by atoms with Crippen LogP contribution < -0.4 is 9.62 Å². The average Bonchev–Trinajstić information content (AvgIpc) is 3.62. The molecule has 1 saturated carbocycles. The minimum Gasteiger partial charge on any atom is -0.379 e. The molecule has 4 fully saturated rings. The van der Waals surface area contributed by atoms with E-state index in [9.17, 15) is 9.59 Å². The van der Waals surface area contributed by atoms with E-state index in [-0.39, 0.29) is 11.8 Å². The number of nitrogens with one attached hydrogen (secondary N) is 1. The van der Waals surface area contributed by atoms with E-state index in [2.05, 4.69) is 31.6 Å². The molecule has 44 heavy (non-hydrogen) atoms. The zero-order valence-electron chi connectivity index (χ0n) is 25.6. The summed E-state index contributed by atoms with van der Waals surface area (Å²) in [6.07, 6.45) is 6.42. The Labute approximate surface area is 263 Å². The van der Waals surface area contributed by atoms with E-state index >= 15 is 0 Å². The normalized spacial score (nSPS) is 22.7. The molecule has 3 aromatic rings. The van der Waals surface area contributed by atoms with Crippen molar-refractivity contribution in [3.63, 3.8) is 0 Å². The number of morpholine rings is 1. The van der Waals surface area contributed by atoms with Crippen LogP contribution in [0.4, 0.5) is 5.69 Å². The van der Waals surface area contributed by atoms with Gasteiger partial charge in [0.2, 0.25) is 5.91 Å². The van der Waals surface area contributed by atoms with Crippen LogP contribution in [-0.2, 0) is 9.53 Å². The van der Waals surface area contributed by atoms with Crippen molar-refractivity contribution in [3.05, 3.63) is 47.8 Å². The lowest BCUT2D eigenvalue weighted by Gasteiger charge is -2.39. The number of nitrogens with zero attached hydrogens (tertiary/aromatic N) is 6. The molecule has 7 rings (SSSR count). The van der Waals surface area contributed by atoms with E-state index in [0.717, 1.165) is 118 Å². The van der Waals surface area contributed by atoms with Crippen LogP contribution in [0.5, 0.6) is 0 Å². The molecule has 0 radical (unpaired) electrons. The molecule has 4 aliphatic rings. The summed E-state index contributed by atoms with van der Waals surface area (Å²) in [6.45, 7) is 8.80. The maximum absolute atomic E-state index is 13.6. The Bertz CT molecular complexity index is 1490. The van der Waals surface area contributed by atoms with Gasteiger partial charge in [0.15, 0.2) is 5.65 Å². The molecule has 234 valence electrons. The summed E-state index contributed by atoms with van der Waals surface area (Å²) < 4.78 is 10.5. The highest BCUT2D eigenvalue weighted by Gasteiger charge is 2.40. The summed E-state index contributed by atoms with van der Waals surface area (Å²) in [7, 11) is 0. The van der Waals surface area contributed by atoms with Crippen LogP contribution >= 0.6 is 11.9 Å². The first-order chi connectivity index (χ1) is 21.6. The standard InChI is InChI=1S/C33H43N7O3S/c1-23(41)39-15-11-25-22-38(14-12-28(25)39)29-21-27(33(42)36-44-20-6-13-37-16-18-43-19-17-37)34-32-30(29)31(24-7-5-8-24)35-40(32)26-9-3-2-4-10-26/h2-4,9-10,21,24-25,28H,5-8,11-20,22H2,1H3,(H,36,42). The Hall–Kier alpha value is -3.15. The van der Waals surface area contributed by atoms with Gasteiger partial charge in [-0.25, -0.2) is 9.67 Å². The molecule has 0 bridgehead atoms. The number of amides is 2. The summed E-state index contributed by atoms with van der Waals surface area (Å²) in [4.78, 5) is 37.9. The Morgan fingerprint density at radius 2 is 1.86 bits per heavy atom. The number of hydrogen-bond acceptors (Lipinski definition) is 8. The second-order valence-electron chi connectivity index (χ2n) is 12.6. The number of carbonyl (C=O) groups is 2. The number of carbonyl (C=O) groups excluding carboxylic acids is 2. The third-order valence-electron chi connectivity index (χ3n) is 9.94. The van der Waals surface area contributed by atoms with E-state index < -0.39 is 0 Å². The Morgan fingerprint density at radius 3 is 2.61 bits per heavy atom. The van der Waals surface area contributed by atoms with E-state index in [1.807, 2.05) is 28.9 Å². The third kappa shape index (κ3) is 5.93. The smallest absolute Gasteiger partial charge is 0.279 e. The SMILES string of the molecule is CC(=O)N1CCC2CN(c3cc(C(=O)NSCCCN4CCOCC4)nc4c3c(C3CCC3)nn4-c3ccccc3)CCC21. The van der Waals surface area contributed by atoms with Gasteiger partial charge in [-0.15, -0.1) is 0 Å². The Morgan fingerprint density at radius 1 is 1.05 bits per heavy atom. The topological polar surface area (TPSA) is 95.8 Å². The Kier molecular flexibility index (Phi) is 8.78. The highest BCUT2D eigenvalue weighted by atomic mass is 32.2. The molecule has 0 spiro atoms. The first-order valence-electron chi connectivity index (χ1n) is 16.3. The van der Waals surface area contributed by atoms with Gasteiger partial charge in [0.1, 0.15) is 5.69 Å².